The molecule has 1 aromatic carbocycles. The van der Waals surface area contributed by atoms with Crippen molar-refractivity contribution in [3.8, 4) is 0 Å². The minimum atomic E-state index is 0.474. The number of likely N-dealkylation sites (N-methyl/N-ethyl adjacent to an activating group) is 1. The SMILES string of the molecule is C[C@H]1CCc2ccccc2N1C(=S)NCC[NH+](C)C. The molecule has 0 unspecified atom stereocenters. The van der Waals surface area contributed by atoms with Gasteiger partial charge in [0.15, 0.2) is 5.11 Å². The standard InChI is InChI=1S/C15H23N3S/c1-12-8-9-13-6-4-5-7-14(13)18(12)15(19)16-10-11-17(2)3/h4-7,12H,8-11H2,1-3H3,(H,16,19)/p+1/t12-/m0/s1. The van der Waals surface area contributed by atoms with Crippen molar-refractivity contribution < 1.29 is 4.90 Å². The third kappa shape index (κ3) is 3.45. The van der Waals surface area contributed by atoms with Gasteiger partial charge in [-0.1, -0.05) is 18.2 Å². The molecule has 3 nitrogen and oxygen atoms in total. The smallest absolute Gasteiger partial charge is 0.173 e. The lowest BCUT2D eigenvalue weighted by molar-refractivity contribution is -0.856. The minimum Gasteiger partial charge on any atom is -0.357 e. The summed E-state index contributed by atoms with van der Waals surface area (Å²) in [6.45, 7) is 4.25. The second-order valence-electron chi connectivity index (χ2n) is 5.58. The van der Waals surface area contributed by atoms with Crippen LogP contribution in [0.2, 0.25) is 0 Å². The highest BCUT2D eigenvalue weighted by Crippen LogP contribution is 2.30. The number of thiocarbonyl (C=S) groups is 1. The Balaban J connectivity index is 2.08. The van der Waals surface area contributed by atoms with Gasteiger partial charge in [-0.25, -0.2) is 0 Å². The van der Waals surface area contributed by atoms with Gasteiger partial charge in [0.05, 0.1) is 27.2 Å². The number of nitrogens with zero attached hydrogens (tertiary/aromatic N) is 1. The highest BCUT2D eigenvalue weighted by Gasteiger charge is 2.25. The topological polar surface area (TPSA) is 19.7 Å². The predicted molar refractivity (Wildman–Crippen MR) is 85.0 cm³/mol. The molecular weight excluding hydrogens is 254 g/mol. The third-order valence-electron chi connectivity index (χ3n) is 3.64. The number of fused-ring (bicyclic) bond motifs is 1. The first-order valence-corrected chi connectivity index (χ1v) is 7.44. The molecule has 2 N–H and O–H groups in total. The van der Waals surface area contributed by atoms with Gasteiger partial charge >= 0.3 is 0 Å². The molecule has 0 aromatic heterocycles. The van der Waals surface area contributed by atoms with Crippen molar-refractivity contribution in [1.82, 2.24) is 5.32 Å². The van der Waals surface area contributed by atoms with Crippen LogP contribution in [0.5, 0.6) is 0 Å². The fraction of sp³-hybridized carbons (Fsp3) is 0.533. The number of nitrogens with one attached hydrogen (secondary N) is 2. The number of rotatable bonds is 3. The van der Waals surface area contributed by atoms with Crippen molar-refractivity contribution in [3.05, 3.63) is 29.8 Å². The maximum absolute atomic E-state index is 5.58. The molecule has 1 aliphatic heterocycles. The Bertz CT molecular complexity index is 445. The number of hydrogen-bond donors (Lipinski definition) is 2. The molecule has 0 radical (unpaired) electrons. The minimum absolute atomic E-state index is 0.474. The molecule has 2 rings (SSSR count). The van der Waals surface area contributed by atoms with Crippen molar-refractivity contribution in [2.75, 3.05) is 32.1 Å². The van der Waals surface area contributed by atoms with Gasteiger partial charge in [-0.3, -0.25) is 0 Å². The quantitative estimate of drug-likeness (QED) is 0.800. The zero-order chi connectivity index (χ0) is 13.8. The Morgan fingerprint density at radius 1 is 1.42 bits per heavy atom. The lowest BCUT2D eigenvalue weighted by Gasteiger charge is -2.37. The highest BCUT2D eigenvalue weighted by atomic mass is 32.1. The maximum atomic E-state index is 5.58. The molecule has 1 heterocycles. The molecule has 0 saturated heterocycles. The Kier molecular flexibility index (Phi) is 4.77. The Hall–Kier alpha value is -1.13. The van der Waals surface area contributed by atoms with Gasteiger partial charge in [0.2, 0.25) is 0 Å². The molecule has 1 aliphatic rings. The number of quaternary nitrogens is 1. The number of para-hydroxylation sites is 1. The summed E-state index contributed by atoms with van der Waals surface area (Å²) in [4.78, 5) is 3.71. The number of hydrogen-bond acceptors (Lipinski definition) is 1. The van der Waals surface area contributed by atoms with E-state index in [9.17, 15) is 0 Å². The van der Waals surface area contributed by atoms with Gasteiger partial charge in [-0.15, -0.1) is 0 Å². The van der Waals surface area contributed by atoms with Crippen LogP contribution in [-0.4, -0.2) is 38.3 Å². The van der Waals surface area contributed by atoms with Crippen LogP contribution >= 0.6 is 12.2 Å². The summed E-state index contributed by atoms with van der Waals surface area (Å²) in [5.41, 5.74) is 2.68. The van der Waals surface area contributed by atoms with Gasteiger partial charge in [0.1, 0.15) is 0 Å². The van der Waals surface area contributed by atoms with E-state index in [1.165, 1.54) is 16.2 Å². The Labute approximate surface area is 121 Å². The Morgan fingerprint density at radius 3 is 2.89 bits per heavy atom. The van der Waals surface area contributed by atoms with Crippen molar-refractivity contribution in [2.24, 2.45) is 0 Å². The van der Waals surface area contributed by atoms with Crippen molar-refractivity contribution in [2.45, 2.75) is 25.8 Å². The zero-order valence-electron chi connectivity index (χ0n) is 12.1. The molecule has 0 fully saturated rings. The lowest BCUT2D eigenvalue weighted by Crippen LogP contribution is -3.06. The molecule has 4 heteroatoms. The monoisotopic (exact) mass is 278 g/mol. The van der Waals surface area contributed by atoms with Crippen LogP contribution < -0.4 is 15.1 Å². The summed E-state index contributed by atoms with van der Waals surface area (Å²) in [6, 6.07) is 9.06. The van der Waals surface area contributed by atoms with Gasteiger partial charge in [-0.2, -0.15) is 0 Å². The van der Waals surface area contributed by atoms with Gasteiger partial charge in [0.25, 0.3) is 0 Å². The highest BCUT2D eigenvalue weighted by molar-refractivity contribution is 7.80. The van der Waals surface area contributed by atoms with E-state index >= 15 is 0 Å². The van der Waals surface area contributed by atoms with Crippen molar-refractivity contribution in [1.29, 1.82) is 0 Å². The molecule has 104 valence electrons. The number of benzene rings is 1. The van der Waals surface area contributed by atoms with Crippen LogP contribution in [0.3, 0.4) is 0 Å². The molecule has 1 atom stereocenters. The zero-order valence-corrected chi connectivity index (χ0v) is 12.9. The van der Waals surface area contributed by atoms with Crippen molar-refractivity contribution in [3.63, 3.8) is 0 Å². The van der Waals surface area contributed by atoms with E-state index in [1.807, 2.05) is 0 Å². The maximum Gasteiger partial charge on any atom is 0.173 e. The van der Waals surface area contributed by atoms with E-state index in [0.29, 0.717) is 6.04 Å². The molecule has 1 aromatic rings. The van der Waals surface area contributed by atoms with E-state index < -0.39 is 0 Å². The van der Waals surface area contributed by atoms with Crippen LogP contribution in [0.25, 0.3) is 0 Å². The number of anilines is 1. The van der Waals surface area contributed by atoms with Crippen LogP contribution in [0.15, 0.2) is 24.3 Å². The first-order chi connectivity index (χ1) is 9.09. The number of aryl methyl sites for hydroxylation is 1. The molecule has 19 heavy (non-hydrogen) atoms. The first kappa shape index (κ1) is 14.3. The summed E-state index contributed by atoms with van der Waals surface area (Å²) in [5.74, 6) is 0. The largest absolute Gasteiger partial charge is 0.357 e. The molecule has 0 amide bonds. The van der Waals surface area contributed by atoms with E-state index in [4.69, 9.17) is 12.2 Å². The second-order valence-corrected chi connectivity index (χ2v) is 5.96. The van der Waals surface area contributed by atoms with Gasteiger partial charge in [-0.05, 0) is 43.6 Å². The average Bonchev–Trinajstić information content (AvgIpc) is 2.38. The molecular formula is C15H24N3S+. The first-order valence-electron chi connectivity index (χ1n) is 7.03. The third-order valence-corrected chi connectivity index (χ3v) is 3.98. The fourth-order valence-corrected chi connectivity index (χ4v) is 2.88. The van der Waals surface area contributed by atoms with Gasteiger partial charge in [0, 0.05) is 11.7 Å². The Morgan fingerprint density at radius 2 is 2.16 bits per heavy atom. The second kappa shape index (κ2) is 6.35. The van der Waals surface area contributed by atoms with Crippen LogP contribution in [-0.2, 0) is 6.42 Å². The normalized spacial score (nSPS) is 18.3. The van der Waals surface area contributed by atoms with Crippen LogP contribution in [0.1, 0.15) is 18.9 Å². The van der Waals surface area contributed by atoms with Gasteiger partial charge < -0.3 is 15.1 Å². The molecule has 0 saturated carbocycles. The predicted octanol–water partition coefficient (Wildman–Crippen LogP) is 0.847. The fourth-order valence-electron chi connectivity index (χ4n) is 2.50. The molecule has 0 bridgehead atoms. The van der Waals surface area contributed by atoms with E-state index in [0.717, 1.165) is 31.0 Å². The van der Waals surface area contributed by atoms with Crippen LogP contribution in [0, 0.1) is 0 Å². The summed E-state index contributed by atoms with van der Waals surface area (Å²) in [6.07, 6.45) is 2.32. The van der Waals surface area contributed by atoms with Crippen molar-refractivity contribution >= 4 is 23.0 Å². The molecule has 0 aliphatic carbocycles. The lowest BCUT2D eigenvalue weighted by atomic mass is 9.97. The van der Waals surface area contributed by atoms with E-state index in [-0.39, 0.29) is 0 Å². The molecule has 0 spiro atoms. The summed E-state index contributed by atoms with van der Waals surface area (Å²) < 4.78 is 0. The summed E-state index contributed by atoms with van der Waals surface area (Å²) in [5, 5.41) is 4.25. The summed E-state index contributed by atoms with van der Waals surface area (Å²) >= 11 is 5.58. The van der Waals surface area contributed by atoms with E-state index in [2.05, 4.69) is 55.5 Å². The summed E-state index contributed by atoms with van der Waals surface area (Å²) in [7, 11) is 4.31. The van der Waals surface area contributed by atoms with E-state index in [1.54, 1.807) is 0 Å². The van der Waals surface area contributed by atoms with Crippen LogP contribution in [0.4, 0.5) is 5.69 Å². The average molecular weight is 278 g/mol.